The molecule has 0 saturated heterocycles. The van der Waals surface area contributed by atoms with Crippen LogP contribution >= 0.6 is 0 Å². The average Bonchev–Trinajstić information content (AvgIpc) is 0.682. The Labute approximate surface area is 655 Å². The van der Waals surface area contributed by atoms with Crippen molar-refractivity contribution in [3.05, 3.63) is 34.9 Å². The number of aliphatic carboxylic acids is 2. The molecule has 0 aromatic rings. The Morgan fingerprint density at radius 3 is 0.927 bits per heavy atom. The van der Waals surface area contributed by atoms with Gasteiger partial charge in [-0.3, -0.25) is 38.4 Å². The molecule has 0 aromatic heterocycles. The highest BCUT2D eigenvalue weighted by Gasteiger charge is 2.75. The van der Waals surface area contributed by atoms with E-state index in [2.05, 4.69) is 138 Å². The highest BCUT2D eigenvalue weighted by molar-refractivity contribution is 5.97. The van der Waals surface area contributed by atoms with E-state index in [0.717, 1.165) is 154 Å². The fourth-order valence-electron chi connectivity index (χ4n) is 32.1. The molecule has 14 heteroatoms. The van der Waals surface area contributed by atoms with E-state index in [1.807, 2.05) is 26.0 Å². The zero-order chi connectivity index (χ0) is 80.6. The first-order valence-corrected chi connectivity index (χ1v) is 43.3. The number of carboxylic acids is 2. The molecule has 0 heterocycles. The minimum atomic E-state index is -0.729. The molecule has 14 nitrogen and oxygen atoms in total. The lowest BCUT2D eigenvalue weighted by Gasteiger charge is -2.70. The predicted molar refractivity (Wildman–Crippen MR) is 423 cm³/mol. The number of carboxylic acid groups (broad SMARTS) is 2. The molecule has 0 spiro atoms. The number of carbonyl (C=O) groups excluding carboxylic acids is 6. The van der Waals surface area contributed by atoms with Crippen molar-refractivity contribution >= 4 is 47.2 Å². The van der Waals surface area contributed by atoms with Gasteiger partial charge in [-0.25, -0.2) is 0 Å². The number of aliphatic hydroxyl groups is 1. The summed E-state index contributed by atoms with van der Waals surface area (Å²) in [6.07, 6.45) is 30.6. The van der Waals surface area contributed by atoms with Crippen LogP contribution in [0.15, 0.2) is 34.9 Å². The fraction of sp³-hybridized carbons (Fsp3) is 0.853. The van der Waals surface area contributed by atoms with Crippen molar-refractivity contribution in [3.8, 4) is 0 Å². The van der Waals surface area contributed by atoms with Crippen LogP contribution < -0.4 is 0 Å². The summed E-state index contributed by atoms with van der Waals surface area (Å²) in [4.78, 5) is 104. The number of allylic oxidation sites excluding steroid dienone is 6. The largest absolute Gasteiger partial charge is 0.481 e. The summed E-state index contributed by atoms with van der Waals surface area (Å²) in [5, 5.41) is 31.0. The van der Waals surface area contributed by atoms with Crippen LogP contribution in [0.5, 0.6) is 0 Å². The van der Waals surface area contributed by atoms with Gasteiger partial charge in [-0.15, -0.1) is 0 Å². The number of esters is 3. The second kappa shape index (κ2) is 25.8. The molecule has 0 aromatic carbocycles. The summed E-state index contributed by atoms with van der Waals surface area (Å²) in [5.41, 5.74) is 0.525. The SMILES string of the molecule is CC(=O)O[C@H]1CC[C@]2(C)[C@H]3C(=O)C=C4[C@@H]5C[C@@](C)(C(=O)O)CC[C@]5(C)CC[C@@]4(C)[C@]3(C)CC[C@H]2C1(C)C.CC1(C)[C@@H](O)CC[C@]2(C)[C@H]3C(=O)C=C4[C@@H]5C[C@@](C)(C(=O)O)CC[C@]5(C)CC[C@@]4(C)[C@]3(C)CC[C@@H]12.COC(=O)[C@@]1(C)CC[C@]2(C)CC[C@]3(C)C(=CC(=O)[C@@H]4[C@@]5(C)CC[C@H](OC(C)=O)C(C)(C)[C@@H]5CC[C@]43C)[C@@H]2C1. The van der Waals surface area contributed by atoms with Crippen LogP contribution in [0.3, 0.4) is 0 Å². The van der Waals surface area contributed by atoms with Crippen LogP contribution in [0.4, 0.5) is 0 Å². The van der Waals surface area contributed by atoms with E-state index in [0.29, 0.717) is 42.8 Å². The zero-order valence-electron chi connectivity index (χ0n) is 72.1. The van der Waals surface area contributed by atoms with Gasteiger partial charge < -0.3 is 29.5 Å². The van der Waals surface area contributed by atoms with Gasteiger partial charge in [0.1, 0.15) is 12.2 Å². The molecule has 12 saturated carbocycles. The summed E-state index contributed by atoms with van der Waals surface area (Å²) >= 11 is 0. The first-order chi connectivity index (χ1) is 50.0. The third kappa shape index (κ3) is 11.4. The van der Waals surface area contributed by atoms with Gasteiger partial charge >= 0.3 is 29.8 Å². The van der Waals surface area contributed by atoms with E-state index in [4.69, 9.17) is 14.2 Å². The number of carbonyl (C=O) groups is 8. The van der Waals surface area contributed by atoms with Crippen molar-refractivity contribution in [2.75, 3.05) is 7.11 Å². The topological polar surface area (TPSA) is 225 Å². The van der Waals surface area contributed by atoms with Crippen LogP contribution in [0, 0.1) is 151 Å². The molecule has 27 atom stereocenters. The van der Waals surface area contributed by atoms with Crippen molar-refractivity contribution in [2.24, 2.45) is 151 Å². The number of ketones is 3. The van der Waals surface area contributed by atoms with Crippen LogP contribution in [0.1, 0.15) is 333 Å². The average molecular weight is 1510 g/mol. The van der Waals surface area contributed by atoms with E-state index in [-0.39, 0.29) is 165 Å². The molecule has 15 rings (SSSR count). The van der Waals surface area contributed by atoms with Crippen molar-refractivity contribution in [2.45, 2.75) is 351 Å². The normalized spacial score (nSPS) is 51.2. The molecule has 15 aliphatic carbocycles. The summed E-state index contributed by atoms with van der Waals surface area (Å²) in [6.45, 7) is 50.9. The summed E-state index contributed by atoms with van der Waals surface area (Å²) < 4.78 is 16.9. The van der Waals surface area contributed by atoms with Gasteiger partial charge in [0.2, 0.25) is 0 Å². The Morgan fingerprint density at radius 1 is 0.358 bits per heavy atom. The van der Waals surface area contributed by atoms with Gasteiger partial charge in [-0.1, -0.05) is 141 Å². The molecular formula is C95H144O14. The molecule has 0 unspecified atom stereocenters. The van der Waals surface area contributed by atoms with E-state index in [1.165, 1.54) is 37.7 Å². The zero-order valence-corrected chi connectivity index (χ0v) is 72.1. The molecule has 0 amide bonds. The summed E-state index contributed by atoms with van der Waals surface area (Å²) in [5.74, 6) is 0.254. The van der Waals surface area contributed by atoms with Crippen molar-refractivity contribution in [1.82, 2.24) is 0 Å². The fourth-order valence-corrected chi connectivity index (χ4v) is 32.1. The number of ether oxygens (including phenoxy) is 3. The number of aliphatic hydroxyl groups excluding tert-OH is 1. The Morgan fingerprint density at radius 2 is 0.633 bits per heavy atom. The van der Waals surface area contributed by atoms with Gasteiger partial charge in [-0.05, 0) is 318 Å². The highest BCUT2D eigenvalue weighted by Crippen LogP contribution is 2.80. The smallest absolute Gasteiger partial charge is 0.311 e. The Kier molecular flexibility index (Phi) is 19.5. The maximum atomic E-state index is 14.4. The lowest BCUT2D eigenvalue weighted by atomic mass is 9.33. The molecule has 0 radical (unpaired) electrons. The van der Waals surface area contributed by atoms with Gasteiger partial charge in [-0.2, -0.15) is 0 Å². The summed E-state index contributed by atoms with van der Waals surface area (Å²) in [7, 11) is 1.50. The molecule has 0 bridgehead atoms. The number of hydrogen-bond acceptors (Lipinski definition) is 12. The summed E-state index contributed by atoms with van der Waals surface area (Å²) in [6, 6.07) is 0. The van der Waals surface area contributed by atoms with E-state index < -0.39 is 28.2 Å². The predicted octanol–water partition coefficient (Wildman–Crippen LogP) is 20.5. The molecule has 0 aliphatic heterocycles. The molecule has 3 N–H and O–H groups in total. The first-order valence-electron chi connectivity index (χ1n) is 43.3. The van der Waals surface area contributed by atoms with Crippen molar-refractivity contribution < 1.29 is 67.9 Å². The minimum Gasteiger partial charge on any atom is -0.481 e. The lowest BCUT2D eigenvalue weighted by molar-refractivity contribution is -0.210. The number of hydrogen-bond donors (Lipinski definition) is 3. The number of rotatable bonds is 5. The van der Waals surface area contributed by atoms with Crippen LogP contribution in [0.2, 0.25) is 0 Å². The first kappa shape index (κ1) is 82.5. The lowest BCUT2D eigenvalue weighted by Crippen LogP contribution is -2.66. The van der Waals surface area contributed by atoms with Crippen molar-refractivity contribution in [3.63, 3.8) is 0 Å². The molecule has 15 aliphatic rings. The second-order valence-electron chi connectivity index (χ2n) is 46.2. The van der Waals surface area contributed by atoms with Gasteiger partial charge in [0.05, 0.1) is 29.5 Å². The Balaban J connectivity index is 0.000000144. The molecule has 109 heavy (non-hydrogen) atoms. The number of methoxy groups -OCH3 is 1. The third-order valence-corrected chi connectivity index (χ3v) is 39.9. The Bertz CT molecular complexity index is 3910. The number of fused-ring (bicyclic) bond motifs is 21. The van der Waals surface area contributed by atoms with Crippen LogP contribution in [0.25, 0.3) is 0 Å². The van der Waals surface area contributed by atoms with Gasteiger partial charge in [0.25, 0.3) is 0 Å². The highest BCUT2D eigenvalue weighted by atomic mass is 16.5. The Hall–Kier alpha value is -4.46. The van der Waals surface area contributed by atoms with Crippen LogP contribution in [-0.4, -0.2) is 87.9 Å². The van der Waals surface area contributed by atoms with Gasteiger partial charge in [0, 0.05) is 42.4 Å². The van der Waals surface area contributed by atoms with Gasteiger partial charge in [0.15, 0.2) is 17.3 Å². The van der Waals surface area contributed by atoms with E-state index in [1.54, 1.807) is 0 Å². The quantitative estimate of drug-likeness (QED) is 0.172. The molecular weight excluding hydrogens is 1370 g/mol. The molecule has 12 fully saturated rings. The minimum absolute atomic E-state index is 0.0296. The molecule has 608 valence electrons. The van der Waals surface area contributed by atoms with Crippen LogP contribution in [-0.2, 0) is 52.6 Å². The van der Waals surface area contributed by atoms with E-state index >= 15 is 0 Å². The second-order valence-corrected chi connectivity index (χ2v) is 46.2. The van der Waals surface area contributed by atoms with Crippen molar-refractivity contribution in [1.29, 1.82) is 0 Å². The standard InChI is InChI=1S/C33H50O5.C32H48O5.C30H46O4/c1-20(34)38-25-11-12-31(6)24(28(25,2)3)10-13-33(8)26(31)23(35)18-21-22-19-30(5,27(36)37-9)15-14-29(22,4)16-17-32(21,33)7;1-19(33)37-24-10-11-30(6)23(27(24,2)3)9-12-32(8)25(30)22(34)17-20-21-18-29(5,26(35)36)14-13-28(21,4)15-16-31(20,32)7;1-25(2)21-8-11-30(7)23(28(21,5)10-9-22(25)32)20(31)16-18-19-17-27(4,24(33)34)13-12-26(19,3)14-15-29(18,30)6/h18,22,24-26H,10-17,19H2,1-9H3;17,21,23-25H,9-16,18H2,1-8H3,(H,35,36);16,19,21-23,32H,8-15,17H2,1-7H3,(H,33,34)/t22-,24-,25-,26+,29+,30-,31-,32+,33+;21-,23-,24-,25+,28+,29-,30-,31+,32+;19-,21-,22-,23+,26+,27-,28-,29+,30+/m000/s1. The maximum absolute atomic E-state index is 14.4. The third-order valence-electron chi connectivity index (χ3n) is 39.9. The maximum Gasteiger partial charge on any atom is 0.311 e. The monoisotopic (exact) mass is 1510 g/mol. The van der Waals surface area contributed by atoms with E-state index in [9.17, 15) is 53.7 Å².